The maximum absolute atomic E-state index is 12.5. The van der Waals surface area contributed by atoms with Gasteiger partial charge in [0.1, 0.15) is 11.9 Å². The maximum Gasteiger partial charge on any atom is 0.303 e. The van der Waals surface area contributed by atoms with Gasteiger partial charge in [0, 0.05) is 18.8 Å². The molecule has 4 aliphatic carbocycles. The Hall–Kier alpha value is -1.12. The van der Waals surface area contributed by atoms with Crippen LogP contribution in [0.4, 0.5) is 0 Å². The van der Waals surface area contributed by atoms with E-state index in [4.69, 9.17) is 4.74 Å². The third-order valence-electron chi connectivity index (χ3n) is 8.05. The van der Waals surface area contributed by atoms with Gasteiger partial charge in [-0.15, -0.1) is 0 Å². The van der Waals surface area contributed by atoms with Gasteiger partial charge in [-0.05, 0) is 73.7 Å². The lowest BCUT2D eigenvalue weighted by molar-refractivity contribution is -0.148. The zero-order chi connectivity index (χ0) is 17.1. The molecule has 3 saturated carbocycles. The average molecular weight is 330 g/mol. The molecule has 24 heavy (non-hydrogen) atoms. The molecule has 6 atom stereocenters. The summed E-state index contributed by atoms with van der Waals surface area (Å²) >= 11 is 0. The molecule has 0 heterocycles. The molecule has 4 aliphatic rings. The van der Waals surface area contributed by atoms with Gasteiger partial charge >= 0.3 is 5.97 Å². The highest BCUT2D eigenvalue weighted by molar-refractivity contribution is 5.87. The first-order chi connectivity index (χ1) is 11.4. The van der Waals surface area contributed by atoms with Crippen LogP contribution >= 0.6 is 0 Å². The van der Waals surface area contributed by atoms with Crippen molar-refractivity contribution >= 4 is 11.8 Å². The smallest absolute Gasteiger partial charge is 0.303 e. The molecule has 3 fully saturated rings. The van der Waals surface area contributed by atoms with Crippen LogP contribution in [-0.4, -0.2) is 17.9 Å². The average Bonchev–Trinajstić information content (AvgIpc) is 2.82. The van der Waals surface area contributed by atoms with Crippen molar-refractivity contribution in [3.8, 4) is 0 Å². The van der Waals surface area contributed by atoms with Gasteiger partial charge in [0.15, 0.2) is 0 Å². The molecule has 0 spiro atoms. The van der Waals surface area contributed by atoms with Gasteiger partial charge in [0.05, 0.1) is 0 Å². The number of ether oxygens (including phenoxy) is 1. The normalized spacial score (nSPS) is 47.3. The molecule has 0 bridgehead atoms. The molecule has 3 heteroatoms. The fraction of sp³-hybridized carbons (Fsp3) is 0.810. The Morgan fingerprint density at radius 3 is 2.62 bits per heavy atom. The van der Waals surface area contributed by atoms with E-state index in [0.717, 1.165) is 44.9 Å². The second-order valence-electron chi connectivity index (χ2n) is 9.10. The molecule has 0 aromatic carbocycles. The molecule has 0 unspecified atom stereocenters. The molecule has 0 aliphatic heterocycles. The summed E-state index contributed by atoms with van der Waals surface area (Å²) in [5.74, 6) is 2.20. The fourth-order valence-corrected chi connectivity index (χ4v) is 6.85. The molecule has 0 saturated heterocycles. The number of esters is 1. The minimum atomic E-state index is -0.162. The Kier molecular flexibility index (Phi) is 3.71. The van der Waals surface area contributed by atoms with Gasteiger partial charge in [0.25, 0.3) is 0 Å². The van der Waals surface area contributed by atoms with Gasteiger partial charge in [-0.3, -0.25) is 9.59 Å². The molecule has 0 aromatic heterocycles. The molecule has 132 valence electrons. The van der Waals surface area contributed by atoms with E-state index in [-0.39, 0.29) is 22.9 Å². The number of hydrogen-bond acceptors (Lipinski definition) is 3. The molecular weight excluding hydrogens is 300 g/mol. The topological polar surface area (TPSA) is 43.4 Å². The van der Waals surface area contributed by atoms with Crippen molar-refractivity contribution in [3.63, 3.8) is 0 Å². The number of hydrogen-bond donors (Lipinski definition) is 0. The summed E-state index contributed by atoms with van der Waals surface area (Å²) in [6, 6.07) is 0. The second kappa shape index (κ2) is 5.44. The quantitative estimate of drug-likeness (QED) is 0.527. The Bertz CT molecular complexity index is 606. The second-order valence-corrected chi connectivity index (χ2v) is 9.10. The van der Waals surface area contributed by atoms with Crippen LogP contribution in [-0.2, 0) is 14.3 Å². The van der Waals surface area contributed by atoms with Crippen LogP contribution in [0.3, 0.4) is 0 Å². The fourth-order valence-electron chi connectivity index (χ4n) is 6.85. The van der Waals surface area contributed by atoms with Crippen molar-refractivity contribution in [1.29, 1.82) is 0 Å². The van der Waals surface area contributed by atoms with E-state index in [9.17, 15) is 9.59 Å². The lowest BCUT2D eigenvalue weighted by Gasteiger charge is -2.57. The van der Waals surface area contributed by atoms with Gasteiger partial charge in [0.2, 0.25) is 0 Å². The molecule has 0 amide bonds. The Morgan fingerprint density at radius 1 is 1.12 bits per heavy atom. The van der Waals surface area contributed by atoms with Crippen molar-refractivity contribution in [1.82, 2.24) is 0 Å². The number of Topliss-reactive ketones (excluding diaryl/α,β-unsaturated/α-hetero) is 1. The first-order valence-corrected chi connectivity index (χ1v) is 9.77. The summed E-state index contributed by atoms with van der Waals surface area (Å²) in [5.41, 5.74) is 1.49. The molecule has 0 radical (unpaired) electrons. The number of carbonyl (C=O) groups excluding carboxylic acids is 2. The third-order valence-corrected chi connectivity index (χ3v) is 8.05. The van der Waals surface area contributed by atoms with Crippen LogP contribution in [0.25, 0.3) is 0 Å². The van der Waals surface area contributed by atoms with Crippen LogP contribution in [0, 0.1) is 28.6 Å². The van der Waals surface area contributed by atoms with Crippen molar-refractivity contribution in [2.45, 2.75) is 78.2 Å². The van der Waals surface area contributed by atoms with E-state index in [1.807, 2.05) is 0 Å². The van der Waals surface area contributed by atoms with Crippen molar-refractivity contribution in [2.24, 2.45) is 28.6 Å². The van der Waals surface area contributed by atoms with Crippen LogP contribution in [0.5, 0.6) is 0 Å². The minimum Gasteiger partial charge on any atom is -0.458 e. The van der Waals surface area contributed by atoms with Gasteiger partial charge in [-0.25, -0.2) is 0 Å². The monoisotopic (exact) mass is 330 g/mol. The number of ketones is 1. The summed E-state index contributed by atoms with van der Waals surface area (Å²) in [6.07, 6.45) is 10.8. The van der Waals surface area contributed by atoms with E-state index >= 15 is 0 Å². The standard InChI is InChI=1S/C21H30O3/c1-13(22)24-18-5-4-11-20(2)16-10-12-21(3)15(8-9-19(21)23)14(16)6-7-17(18)20/h7,14-16,18H,4-6,8-12H2,1-3H3/t14-,15-,16-,18+,20+,21-/m0/s1. The minimum absolute atomic E-state index is 0.0132. The van der Waals surface area contributed by atoms with Gasteiger partial charge in [-0.2, -0.15) is 0 Å². The van der Waals surface area contributed by atoms with E-state index in [2.05, 4.69) is 19.9 Å². The van der Waals surface area contributed by atoms with Crippen molar-refractivity contribution in [2.75, 3.05) is 0 Å². The maximum atomic E-state index is 12.5. The number of carbonyl (C=O) groups is 2. The zero-order valence-corrected chi connectivity index (χ0v) is 15.3. The summed E-state index contributed by atoms with van der Waals surface area (Å²) in [6.45, 7) is 6.16. The summed E-state index contributed by atoms with van der Waals surface area (Å²) in [7, 11) is 0. The highest BCUT2D eigenvalue weighted by Gasteiger charge is 2.59. The highest BCUT2D eigenvalue weighted by Crippen LogP contribution is 2.64. The van der Waals surface area contributed by atoms with E-state index in [0.29, 0.717) is 23.5 Å². The molecule has 0 N–H and O–H groups in total. The first-order valence-electron chi connectivity index (χ1n) is 9.77. The number of fused-ring (bicyclic) bond motifs is 5. The van der Waals surface area contributed by atoms with Crippen LogP contribution in [0.1, 0.15) is 72.1 Å². The predicted molar refractivity (Wildman–Crippen MR) is 92.3 cm³/mol. The summed E-state index contributed by atoms with van der Waals surface area (Å²) in [4.78, 5) is 24.0. The number of rotatable bonds is 1. The van der Waals surface area contributed by atoms with Crippen LogP contribution in [0.2, 0.25) is 0 Å². The van der Waals surface area contributed by atoms with E-state index in [1.165, 1.54) is 18.9 Å². The van der Waals surface area contributed by atoms with Gasteiger partial charge in [-0.1, -0.05) is 19.9 Å². The van der Waals surface area contributed by atoms with Crippen molar-refractivity contribution in [3.05, 3.63) is 11.6 Å². The summed E-state index contributed by atoms with van der Waals surface area (Å²) in [5, 5.41) is 0. The first kappa shape index (κ1) is 16.4. The zero-order valence-electron chi connectivity index (χ0n) is 15.3. The lowest BCUT2D eigenvalue weighted by Crippen LogP contribution is -2.51. The van der Waals surface area contributed by atoms with E-state index < -0.39 is 0 Å². The van der Waals surface area contributed by atoms with Crippen LogP contribution < -0.4 is 0 Å². The Morgan fingerprint density at radius 2 is 1.88 bits per heavy atom. The third kappa shape index (κ3) is 2.16. The predicted octanol–water partition coefficient (Wildman–Crippen LogP) is 4.45. The molecular formula is C21H30O3. The lowest BCUT2D eigenvalue weighted by atomic mass is 9.48. The highest BCUT2D eigenvalue weighted by atomic mass is 16.5. The van der Waals surface area contributed by atoms with Gasteiger partial charge < -0.3 is 4.74 Å². The molecule has 4 rings (SSSR count). The van der Waals surface area contributed by atoms with Crippen molar-refractivity contribution < 1.29 is 14.3 Å². The van der Waals surface area contributed by atoms with Crippen LogP contribution in [0.15, 0.2) is 11.6 Å². The number of allylic oxidation sites excluding steroid dienone is 1. The van der Waals surface area contributed by atoms with E-state index in [1.54, 1.807) is 0 Å². The SMILES string of the molecule is CC(=O)O[C@@H]1CCC[C@@]2(C)C1=CC[C@@H]1[C@@H]2CC[C@]2(C)C(=O)CC[C@@H]12. The Balaban J connectivity index is 1.67. The molecule has 3 nitrogen and oxygen atoms in total. The molecule has 0 aromatic rings. The Labute approximate surface area is 145 Å². The largest absolute Gasteiger partial charge is 0.458 e. The summed E-state index contributed by atoms with van der Waals surface area (Å²) < 4.78 is 5.67.